The Morgan fingerprint density at radius 2 is 2.15 bits per heavy atom. The van der Waals surface area contributed by atoms with Crippen LogP contribution in [0.3, 0.4) is 0 Å². The van der Waals surface area contributed by atoms with E-state index in [0.717, 1.165) is 5.56 Å². The van der Waals surface area contributed by atoms with Gasteiger partial charge in [-0.3, -0.25) is 4.79 Å². The zero-order valence-electron chi connectivity index (χ0n) is 12.1. The minimum absolute atomic E-state index is 0.0493. The molecule has 0 aliphatic heterocycles. The van der Waals surface area contributed by atoms with Gasteiger partial charge >= 0.3 is 0 Å². The van der Waals surface area contributed by atoms with Crippen molar-refractivity contribution in [1.29, 1.82) is 0 Å². The van der Waals surface area contributed by atoms with E-state index in [4.69, 9.17) is 21.4 Å². The zero-order valence-corrected chi connectivity index (χ0v) is 12.9. The lowest BCUT2D eigenvalue weighted by molar-refractivity contribution is -0.124. The van der Waals surface area contributed by atoms with E-state index >= 15 is 0 Å². The second-order valence-electron chi connectivity index (χ2n) is 5.15. The van der Waals surface area contributed by atoms with Crippen molar-refractivity contribution in [3.05, 3.63) is 28.8 Å². The third-order valence-corrected chi connectivity index (χ3v) is 3.35. The summed E-state index contributed by atoms with van der Waals surface area (Å²) in [6, 6.07) is 5.37. The third kappa shape index (κ3) is 5.39. The fraction of sp³-hybridized carbons (Fsp3) is 0.533. The number of halogens is 1. The molecule has 1 aromatic carbocycles. The Balaban J connectivity index is 2.52. The van der Waals surface area contributed by atoms with E-state index in [9.17, 15) is 4.79 Å². The summed E-state index contributed by atoms with van der Waals surface area (Å²) < 4.78 is 5.43. The highest BCUT2D eigenvalue weighted by atomic mass is 35.5. The van der Waals surface area contributed by atoms with Gasteiger partial charge < -0.3 is 15.2 Å². The molecule has 0 spiro atoms. The zero-order chi connectivity index (χ0) is 15.1. The number of aliphatic hydroxyl groups is 1. The molecule has 0 saturated carbocycles. The van der Waals surface area contributed by atoms with E-state index in [1.807, 2.05) is 26.8 Å². The van der Waals surface area contributed by atoms with Gasteiger partial charge in [0.1, 0.15) is 5.75 Å². The summed E-state index contributed by atoms with van der Waals surface area (Å²) in [4.78, 5) is 11.8. The minimum Gasteiger partial charge on any atom is -0.482 e. The van der Waals surface area contributed by atoms with Crippen molar-refractivity contribution in [2.45, 2.75) is 33.2 Å². The van der Waals surface area contributed by atoms with Crippen molar-refractivity contribution >= 4 is 17.5 Å². The van der Waals surface area contributed by atoms with Crippen molar-refractivity contribution in [2.75, 3.05) is 13.2 Å². The van der Waals surface area contributed by atoms with Gasteiger partial charge in [0.25, 0.3) is 5.91 Å². The number of aryl methyl sites for hydroxylation is 1. The van der Waals surface area contributed by atoms with Crippen molar-refractivity contribution in [2.24, 2.45) is 5.92 Å². The van der Waals surface area contributed by atoms with Crippen LogP contribution in [0.2, 0.25) is 5.02 Å². The second-order valence-corrected chi connectivity index (χ2v) is 5.56. The van der Waals surface area contributed by atoms with Crippen LogP contribution in [0.25, 0.3) is 0 Å². The van der Waals surface area contributed by atoms with Crippen LogP contribution in [-0.4, -0.2) is 30.3 Å². The normalized spacial score (nSPS) is 12.3. The second kappa shape index (κ2) is 8.12. The van der Waals surface area contributed by atoms with Gasteiger partial charge in [0, 0.05) is 12.6 Å². The number of carbonyl (C=O) groups excluding carboxylic acids is 1. The predicted molar refractivity (Wildman–Crippen MR) is 80.2 cm³/mol. The average molecular weight is 300 g/mol. The van der Waals surface area contributed by atoms with Gasteiger partial charge in [-0.05, 0) is 37.0 Å². The first-order chi connectivity index (χ1) is 9.43. The largest absolute Gasteiger partial charge is 0.482 e. The molecular formula is C15H22ClNO3. The molecule has 1 aromatic rings. The number of hydrogen-bond acceptors (Lipinski definition) is 3. The fourth-order valence-electron chi connectivity index (χ4n) is 1.82. The lowest BCUT2D eigenvalue weighted by Crippen LogP contribution is -2.41. The lowest BCUT2D eigenvalue weighted by atomic mass is 10.0. The summed E-state index contributed by atoms with van der Waals surface area (Å²) >= 11 is 6.00. The number of benzene rings is 1. The van der Waals surface area contributed by atoms with Gasteiger partial charge in [0.15, 0.2) is 6.61 Å². The van der Waals surface area contributed by atoms with E-state index in [-0.39, 0.29) is 31.1 Å². The van der Waals surface area contributed by atoms with Crippen LogP contribution in [0.1, 0.15) is 25.8 Å². The molecule has 0 aliphatic rings. The molecular weight excluding hydrogens is 278 g/mol. The quantitative estimate of drug-likeness (QED) is 0.813. The summed E-state index contributed by atoms with van der Waals surface area (Å²) in [5, 5.41) is 12.3. The Labute approximate surface area is 125 Å². The van der Waals surface area contributed by atoms with Crippen molar-refractivity contribution < 1.29 is 14.6 Å². The number of amides is 1. The standard InChI is InChI=1S/C15H22ClNO3/c1-10(2)13(6-7-18)17-15(19)9-20-14-8-11(3)4-5-12(14)16/h4-5,8,10,13,18H,6-7,9H2,1-3H3,(H,17,19). The maximum absolute atomic E-state index is 11.8. The molecule has 0 saturated heterocycles. The molecule has 0 heterocycles. The van der Waals surface area contributed by atoms with Gasteiger partial charge in [-0.25, -0.2) is 0 Å². The topological polar surface area (TPSA) is 58.6 Å². The number of ether oxygens (including phenoxy) is 1. The molecule has 1 amide bonds. The first-order valence-electron chi connectivity index (χ1n) is 6.73. The minimum atomic E-state index is -0.213. The molecule has 112 valence electrons. The number of nitrogens with one attached hydrogen (secondary N) is 1. The van der Waals surface area contributed by atoms with E-state index in [0.29, 0.717) is 17.2 Å². The Kier molecular flexibility index (Phi) is 6.82. The van der Waals surface area contributed by atoms with Crippen LogP contribution >= 0.6 is 11.6 Å². The molecule has 1 rings (SSSR count). The Morgan fingerprint density at radius 1 is 1.45 bits per heavy atom. The summed E-state index contributed by atoms with van der Waals surface area (Å²) in [5.74, 6) is 0.549. The lowest BCUT2D eigenvalue weighted by Gasteiger charge is -2.21. The van der Waals surface area contributed by atoms with Crippen molar-refractivity contribution in [3.63, 3.8) is 0 Å². The predicted octanol–water partition coefficient (Wildman–Crippen LogP) is 2.55. The van der Waals surface area contributed by atoms with Gasteiger partial charge in [0.2, 0.25) is 0 Å². The van der Waals surface area contributed by atoms with E-state index < -0.39 is 0 Å². The maximum Gasteiger partial charge on any atom is 0.258 e. The Bertz CT molecular complexity index is 449. The molecule has 0 aliphatic carbocycles. The molecule has 2 N–H and O–H groups in total. The number of hydrogen-bond donors (Lipinski definition) is 2. The average Bonchev–Trinajstić information content (AvgIpc) is 2.39. The highest BCUT2D eigenvalue weighted by molar-refractivity contribution is 6.32. The van der Waals surface area contributed by atoms with Crippen LogP contribution in [-0.2, 0) is 4.79 Å². The monoisotopic (exact) mass is 299 g/mol. The Morgan fingerprint density at radius 3 is 2.75 bits per heavy atom. The smallest absolute Gasteiger partial charge is 0.258 e. The van der Waals surface area contributed by atoms with Crippen LogP contribution < -0.4 is 10.1 Å². The molecule has 0 bridgehead atoms. The van der Waals surface area contributed by atoms with Crippen molar-refractivity contribution in [1.82, 2.24) is 5.32 Å². The van der Waals surface area contributed by atoms with Gasteiger partial charge in [-0.15, -0.1) is 0 Å². The highest BCUT2D eigenvalue weighted by Gasteiger charge is 2.16. The van der Waals surface area contributed by atoms with Crippen LogP contribution in [0.15, 0.2) is 18.2 Å². The summed E-state index contributed by atoms with van der Waals surface area (Å²) in [7, 11) is 0. The van der Waals surface area contributed by atoms with Crippen LogP contribution in [0.5, 0.6) is 5.75 Å². The SMILES string of the molecule is Cc1ccc(Cl)c(OCC(=O)NC(CCO)C(C)C)c1. The molecule has 20 heavy (non-hydrogen) atoms. The summed E-state index contributed by atoms with van der Waals surface area (Å²) in [6.45, 7) is 5.89. The van der Waals surface area contributed by atoms with Gasteiger partial charge in [0.05, 0.1) is 5.02 Å². The van der Waals surface area contributed by atoms with E-state index in [2.05, 4.69) is 5.32 Å². The first-order valence-corrected chi connectivity index (χ1v) is 7.11. The molecule has 0 radical (unpaired) electrons. The maximum atomic E-state index is 11.8. The van der Waals surface area contributed by atoms with Crippen LogP contribution in [0.4, 0.5) is 0 Å². The fourth-order valence-corrected chi connectivity index (χ4v) is 2.00. The Hall–Kier alpha value is -1.26. The van der Waals surface area contributed by atoms with E-state index in [1.54, 1.807) is 12.1 Å². The van der Waals surface area contributed by atoms with Crippen LogP contribution in [0, 0.1) is 12.8 Å². The molecule has 1 atom stereocenters. The number of rotatable bonds is 7. The number of aliphatic hydroxyl groups excluding tert-OH is 1. The number of carbonyl (C=O) groups is 1. The van der Waals surface area contributed by atoms with Gasteiger partial charge in [-0.2, -0.15) is 0 Å². The first kappa shape index (κ1) is 16.8. The van der Waals surface area contributed by atoms with Gasteiger partial charge in [-0.1, -0.05) is 31.5 Å². The third-order valence-electron chi connectivity index (χ3n) is 3.04. The summed E-state index contributed by atoms with van der Waals surface area (Å²) in [5.41, 5.74) is 1.02. The molecule has 1 unspecified atom stereocenters. The highest BCUT2D eigenvalue weighted by Crippen LogP contribution is 2.25. The molecule has 0 aromatic heterocycles. The summed E-state index contributed by atoms with van der Waals surface area (Å²) in [6.07, 6.45) is 0.536. The van der Waals surface area contributed by atoms with Crippen molar-refractivity contribution in [3.8, 4) is 5.75 Å². The molecule has 4 nitrogen and oxygen atoms in total. The molecule has 5 heteroatoms. The molecule has 0 fully saturated rings. The van der Waals surface area contributed by atoms with E-state index in [1.165, 1.54) is 0 Å².